The van der Waals surface area contributed by atoms with Gasteiger partial charge in [0.25, 0.3) is 0 Å². The van der Waals surface area contributed by atoms with E-state index in [-0.39, 0.29) is 12.4 Å². The van der Waals surface area contributed by atoms with Crippen LogP contribution in [0.4, 0.5) is 4.39 Å². The normalized spacial score (nSPS) is 14.1. The first kappa shape index (κ1) is 10.5. The molecule has 2 N–H and O–H groups in total. The van der Waals surface area contributed by atoms with Gasteiger partial charge in [-0.25, -0.2) is 4.39 Å². The van der Waals surface area contributed by atoms with Crippen molar-refractivity contribution in [2.24, 2.45) is 5.73 Å². The molecule has 0 amide bonds. The number of rotatable bonds is 3. The first-order valence-electron chi connectivity index (χ1n) is 4.12. The van der Waals surface area contributed by atoms with E-state index in [2.05, 4.69) is 0 Å². The Hall–Kier alpha value is -1.60. The van der Waals surface area contributed by atoms with Gasteiger partial charge in [0.15, 0.2) is 0 Å². The molecule has 74 valence electrons. The molecule has 1 aromatic carbocycles. The van der Waals surface area contributed by atoms with Gasteiger partial charge >= 0.3 is 0 Å². The van der Waals surface area contributed by atoms with Crippen LogP contribution in [0.3, 0.4) is 0 Å². The Balaban J connectivity index is 2.55. The Bertz CT molecular complexity index is 340. The fraction of sp³-hybridized carbons (Fsp3) is 0.300. The molecule has 0 aliphatic heterocycles. The molecule has 0 fully saturated rings. The molecule has 0 spiro atoms. The maximum absolute atomic E-state index is 12.5. The Morgan fingerprint density at radius 3 is 2.57 bits per heavy atom. The number of halogens is 1. The van der Waals surface area contributed by atoms with E-state index in [9.17, 15) is 4.39 Å². The predicted molar refractivity (Wildman–Crippen MR) is 50.1 cm³/mol. The van der Waals surface area contributed by atoms with Gasteiger partial charge in [-0.1, -0.05) is 0 Å². The van der Waals surface area contributed by atoms with Crippen molar-refractivity contribution >= 4 is 0 Å². The molecule has 1 aromatic rings. The molecule has 0 saturated heterocycles. The molecule has 0 radical (unpaired) electrons. The quantitative estimate of drug-likeness (QED) is 0.792. The third kappa shape index (κ3) is 3.04. The highest BCUT2D eigenvalue weighted by Gasteiger charge is 2.17. The molecular formula is C10H11FN2O. The number of nitrogens with zero attached hydrogens (tertiary/aromatic N) is 1. The third-order valence-electron chi connectivity index (χ3n) is 1.61. The van der Waals surface area contributed by atoms with Gasteiger partial charge < -0.3 is 10.5 Å². The van der Waals surface area contributed by atoms with Crippen LogP contribution in [0.25, 0.3) is 0 Å². The van der Waals surface area contributed by atoms with Crippen LogP contribution < -0.4 is 10.5 Å². The van der Waals surface area contributed by atoms with Crippen LogP contribution in [-0.4, -0.2) is 12.1 Å². The fourth-order valence-corrected chi connectivity index (χ4v) is 0.796. The minimum atomic E-state index is -1.02. The van der Waals surface area contributed by atoms with Gasteiger partial charge in [-0.2, -0.15) is 5.26 Å². The zero-order chi connectivity index (χ0) is 10.6. The summed E-state index contributed by atoms with van der Waals surface area (Å²) in [5, 5.41) is 8.60. The summed E-state index contributed by atoms with van der Waals surface area (Å²) in [6, 6.07) is 7.45. The second-order valence-corrected chi connectivity index (χ2v) is 3.27. The van der Waals surface area contributed by atoms with E-state index < -0.39 is 5.54 Å². The third-order valence-corrected chi connectivity index (χ3v) is 1.61. The molecule has 0 aliphatic carbocycles. The van der Waals surface area contributed by atoms with Crippen molar-refractivity contribution in [3.8, 4) is 11.8 Å². The van der Waals surface area contributed by atoms with Crippen LogP contribution in [0.2, 0.25) is 0 Å². The first-order valence-corrected chi connectivity index (χ1v) is 4.12. The van der Waals surface area contributed by atoms with Gasteiger partial charge in [0, 0.05) is 0 Å². The average molecular weight is 194 g/mol. The van der Waals surface area contributed by atoms with Gasteiger partial charge in [-0.05, 0) is 31.2 Å². The first-order chi connectivity index (χ1) is 6.53. The molecule has 0 aromatic heterocycles. The van der Waals surface area contributed by atoms with Crippen LogP contribution in [0.5, 0.6) is 5.75 Å². The summed E-state index contributed by atoms with van der Waals surface area (Å²) in [6.45, 7) is 1.64. The van der Waals surface area contributed by atoms with Gasteiger partial charge in [-0.3, -0.25) is 0 Å². The number of ether oxygens (including phenoxy) is 1. The lowest BCUT2D eigenvalue weighted by atomic mass is 10.1. The van der Waals surface area contributed by atoms with Crippen molar-refractivity contribution in [3.05, 3.63) is 30.1 Å². The highest BCUT2D eigenvalue weighted by Crippen LogP contribution is 2.12. The Morgan fingerprint density at radius 2 is 2.07 bits per heavy atom. The summed E-state index contributed by atoms with van der Waals surface area (Å²) in [6.07, 6.45) is 0. The highest BCUT2D eigenvalue weighted by molar-refractivity contribution is 5.22. The van der Waals surface area contributed by atoms with Gasteiger partial charge in [0.05, 0.1) is 6.07 Å². The molecule has 1 unspecified atom stereocenters. The van der Waals surface area contributed by atoms with Crippen LogP contribution >= 0.6 is 0 Å². The summed E-state index contributed by atoms with van der Waals surface area (Å²) in [5.41, 5.74) is 4.51. The van der Waals surface area contributed by atoms with E-state index in [0.717, 1.165) is 0 Å². The van der Waals surface area contributed by atoms with E-state index in [0.29, 0.717) is 5.75 Å². The average Bonchev–Trinajstić information content (AvgIpc) is 2.17. The smallest absolute Gasteiger partial charge is 0.135 e. The zero-order valence-electron chi connectivity index (χ0n) is 7.83. The monoisotopic (exact) mass is 194 g/mol. The number of benzene rings is 1. The number of hydrogen-bond acceptors (Lipinski definition) is 3. The van der Waals surface area contributed by atoms with Crippen molar-refractivity contribution in [2.45, 2.75) is 12.5 Å². The summed E-state index contributed by atoms with van der Waals surface area (Å²) in [4.78, 5) is 0. The maximum atomic E-state index is 12.5. The summed E-state index contributed by atoms with van der Waals surface area (Å²) >= 11 is 0. The van der Waals surface area contributed by atoms with Gasteiger partial charge in [-0.15, -0.1) is 0 Å². The molecule has 0 aliphatic rings. The summed E-state index contributed by atoms with van der Waals surface area (Å²) < 4.78 is 17.7. The van der Waals surface area contributed by atoms with E-state index >= 15 is 0 Å². The zero-order valence-corrected chi connectivity index (χ0v) is 7.83. The minimum Gasteiger partial charge on any atom is -0.491 e. The van der Waals surface area contributed by atoms with Crippen molar-refractivity contribution < 1.29 is 9.13 Å². The Labute approximate surface area is 81.9 Å². The molecule has 0 saturated carbocycles. The second kappa shape index (κ2) is 4.07. The molecule has 1 atom stereocenters. The van der Waals surface area contributed by atoms with E-state index in [4.69, 9.17) is 15.7 Å². The fourth-order valence-electron chi connectivity index (χ4n) is 0.796. The van der Waals surface area contributed by atoms with Crippen molar-refractivity contribution in [1.82, 2.24) is 0 Å². The van der Waals surface area contributed by atoms with Gasteiger partial charge in [0.1, 0.15) is 23.7 Å². The predicted octanol–water partition coefficient (Wildman–Crippen LogP) is 1.45. The highest BCUT2D eigenvalue weighted by atomic mass is 19.1. The minimum absolute atomic E-state index is 0.0785. The van der Waals surface area contributed by atoms with Crippen molar-refractivity contribution in [3.63, 3.8) is 0 Å². The Kier molecular flexibility index (Phi) is 3.05. The van der Waals surface area contributed by atoms with Crippen LogP contribution in [-0.2, 0) is 0 Å². The summed E-state index contributed by atoms with van der Waals surface area (Å²) in [5.74, 6) is 0.173. The molecule has 3 nitrogen and oxygen atoms in total. The molecule has 1 rings (SSSR count). The lowest BCUT2D eigenvalue weighted by Crippen LogP contribution is -2.40. The van der Waals surface area contributed by atoms with E-state index in [1.807, 2.05) is 6.07 Å². The lowest BCUT2D eigenvalue weighted by molar-refractivity contribution is 0.264. The number of nitrogens with two attached hydrogens (primary N) is 1. The van der Waals surface area contributed by atoms with Crippen LogP contribution in [0, 0.1) is 17.1 Å². The summed E-state index contributed by atoms with van der Waals surface area (Å²) in [7, 11) is 0. The van der Waals surface area contributed by atoms with E-state index in [1.165, 1.54) is 24.3 Å². The topological polar surface area (TPSA) is 59.0 Å². The molecular weight excluding hydrogens is 183 g/mol. The molecule has 14 heavy (non-hydrogen) atoms. The van der Waals surface area contributed by atoms with Crippen molar-refractivity contribution in [1.29, 1.82) is 5.26 Å². The number of nitriles is 1. The lowest BCUT2D eigenvalue weighted by Gasteiger charge is -2.15. The SMILES string of the molecule is CC(N)(C#N)COc1ccc(F)cc1. The maximum Gasteiger partial charge on any atom is 0.135 e. The standard InChI is InChI=1S/C10H11FN2O/c1-10(13,6-12)7-14-9-4-2-8(11)3-5-9/h2-5H,7,13H2,1H3. The van der Waals surface area contributed by atoms with Gasteiger partial charge in [0.2, 0.25) is 0 Å². The largest absolute Gasteiger partial charge is 0.491 e. The van der Waals surface area contributed by atoms with Crippen LogP contribution in [0.15, 0.2) is 24.3 Å². The second-order valence-electron chi connectivity index (χ2n) is 3.27. The molecule has 0 heterocycles. The van der Waals surface area contributed by atoms with Crippen molar-refractivity contribution in [2.75, 3.05) is 6.61 Å². The molecule has 4 heteroatoms. The Morgan fingerprint density at radius 1 is 1.50 bits per heavy atom. The van der Waals surface area contributed by atoms with E-state index in [1.54, 1.807) is 6.92 Å². The number of hydrogen-bond donors (Lipinski definition) is 1. The van der Waals surface area contributed by atoms with Crippen LogP contribution in [0.1, 0.15) is 6.92 Å². The molecule has 0 bridgehead atoms.